The van der Waals surface area contributed by atoms with Gasteiger partial charge in [0.15, 0.2) is 0 Å². The molecule has 3 rings (SSSR count). The van der Waals surface area contributed by atoms with Crippen molar-refractivity contribution >= 4 is 16.1 Å². The van der Waals surface area contributed by atoms with E-state index in [0.29, 0.717) is 17.1 Å². The normalized spacial score (nSPS) is 39.8. The second-order valence-electron chi connectivity index (χ2n) is 7.41. The number of nitrogens with one attached hydrogen (secondary N) is 1. The van der Waals surface area contributed by atoms with Gasteiger partial charge in [0.05, 0.1) is 37.8 Å². The molecule has 12 heteroatoms. The third-order valence-corrected chi connectivity index (χ3v) is 7.07. The maximum absolute atomic E-state index is 15.2. The highest BCUT2D eigenvalue weighted by molar-refractivity contribution is 7.88. The van der Waals surface area contributed by atoms with E-state index in [0.717, 1.165) is 0 Å². The zero-order valence-corrected chi connectivity index (χ0v) is 15.2. The number of carbonyl (C=O) groups is 1. The van der Waals surface area contributed by atoms with Crippen LogP contribution in [0, 0.1) is 11.8 Å². The first-order chi connectivity index (χ1) is 12.5. The van der Waals surface area contributed by atoms with Crippen LogP contribution in [-0.4, -0.2) is 67.5 Å². The number of nitrogens with zero attached hydrogens (tertiary/aromatic N) is 1. The highest BCUT2D eigenvalue weighted by Gasteiger charge is 2.53. The molecule has 0 spiro atoms. The predicted molar refractivity (Wildman–Crippen MR) is 84.3 cm³/mol. The minimum atomic E-state index is -4.33. The van der Waals surface area contributed by atoms with Crippen molar-refractivity contribution in [1.29, 1.82) is 0 Å². The Morgan fingerprint density at radius 2 is 1.96 bits per heavy atom. The summed E-state index contributed by atoms with van der Waals surface area (Å²) in [4.78, 5) is 11.4. The van der Waals surface area contributed by atoms with Gasteiger partial charge < -0.3 is 9.84 Å². The summed E-state index contributed by atoms with van der Waals surface area (Å²) in [7, 11) is -4.21. The van der Waals surface area contributed by atoms with Gasteiger partial charge in [-0.25, -0.2) is 9.11 Å². The number of halogens is 4. The molecule has 6 atom stereocenters. The second-order valence-corrected chi connectivity index (χ2v) is 9.03. The molecule has 1 aliphatic heterocycles. The summed E-state index contributed by atoms with van der Waals surface area (Å²) in [5, 5.41) is 10.3. The fourth-order valence-corrected chi connectivity index (χ4v) is 5.73. The van der Waals surface area contributed by atoms with Gasteiger partial charge in [0.1, 0.15) is 6.17 Å². The van der Waals surface area contributed by atoms with Crippen LogP contribution in [0.1, 0.15) is 32.1 Å². The topological polar surface area (TPSA) is 95.9 Å². The molecule has 0 aromatic rings. The average molecular weight is 418 g/mol. The molecule has 1 heterocycles. The van der Waals surface area contributed by atoms with Crippen LogP contribution in [0.15, 0.2) is 0 Å². The molecule has 0 aromatic heterocycles. The van der Waals surface area contributed by atoms with Crippen LogP contribution < -0.4 is 4.72 Å². The van der Waals surface area contributed by atoms with E-state index in [1.165, 1.54) is 0 Å². The standard InChI is InChI=1S/C15H22F4N2O5S/c16-13-10-6-9(26-4-3-15(17,18)19)2-1-8(10)5-11(22)14(13)21-7-12(23)20-27(21,24)25/h8-11,13-14,22H,1-7H2,(H,20,23). The number of amides is 1. The number of aliphatic hydroxyl groups excluding tert-OH is 1. The van der Waals surface area contributed by atoms with Crippen molar-refractivity contribution in [2.24, 2.45) is 11.8 Å². The Hall–Kier alpha value is -0.980. The summed E-state index contributed by atoms with van der Waals surface area (Å²) in [6, 6.07) is -1.40. The van der Waals surface area contributed by atoms with E-state index in [-0.39, 0.29) is 18.8 Å². The van der Waals surface area contributed by atoms with Crippen molar-refractivity contribution in [2.45, 2.75) is 62.7 Å². The predicted octanol–water partition coefficient (Wildman–Crippen LogP) is 0.888. The Bertz CT molecular complexity index is 674. The summed E-state index contributed by atoms with van der Waals surface area (Å²) >= 11 is 0. The Balaban J connectivity index is 1.67. The lowest BCUT2D eigenvalue weighted by Gasteiger charge is -2.47. The number of ether oxygens (including phenoxy) is 1. The Morgan fingerprint density at radius 1 is 1.26 bits per heavy atom. The molecule has 27 heavy (non-hydrogen) atoms. The van der Waals surface area contributed by atoms with Crippen molar-refractivity contribution in [3.63, 3.8) is 0 Å². The van der Waals surface area contributed by atoms with E-state index in [1.807, 2.05) is 0 Å². The number of hydrogen-bond acceptors (Lipinski definition) is 5. The summed E-state index contributed by atoms with van der Waals surface area (Å²) in [6.45, 7) is -1.07. The fraction of sp³-hybridized carbons (Fsp3) is 0.933. The van der Waals surface area contributed by atoms with Gasteiger partial charge in [0.25, 0.3) is 0 Å². The first-order valence-electron chi connectivity index (χ1n) is 8.81. The summed E-state index contributed by atoms with van der Waals surface area (Å²) in [5.41, 5.74) is 0. The Morgan fingerprint density at radius 3 is 2.56 bits per heavy atom. The van der Waals surface area contributed by atoms with Gasteiger partial charge in [-0.3, -0.25) is 4.79 Å². The minimum Gasteiger partial charge on any atom is -0.391 e. The second kappa shape index (κ2) is 7.45. The lowest BCUT2D eigenvalue weighted by Crippen LogP contribution is -2.59. The molecule has 7 nitrogen and oxygen atoms in total. The summed E-state index contributed by atoms with van der Waals surface area (Å²) in [5.74, 6) is -1.65. The van der Waals surface area contributed by atoms with E-state index >= 15 is 4.39 Å². The van der Waals surface area contributed by atoms with Crippen LogP contribution in [0.25, 0.3) is 0 Å². The van der Waals surface area contributed by atoms with Crippen molar-refractivity contribution in [2.75, 3.05) is 13.2 Å². The van der Waals surface area contributed by atoms with Gasteiger partial charge in [-0.2, -0.15) is 25.9 Å². The van der Waals surface area contributed by atoms with Crippen molar-refractivity contribution in [3.05, 3.63) is 0 Å². The molecule has 3 fully saturated rings. The first-order valence-corrected chi connectivity index (χ1v) is 10.2. The lowest BCUT2D eigenvalue weighted by atomic mass is 9.66. The quantitative estimate of drug-likeness (QED) is 0.661. The molecule has 2 N–H and O–H groups in total. The number of alkyl halides is 4. The van der Waals surface area contributed by atoms with E-state index in [1.54, 1.807) is 4.72 Å². The van der Waals surface area contributed by atoms with Gasteiger partial charge in [-0.1, -0.05) is 0 Å². The van der Waals surface area contributed by atoms with Crippen molar-refractivity contribution < 1.29 is 40.6 Å². The molecule has 2 saturated carbocycles. The number of rotatable bonds is 4. The highest BCUT2D eigenvalue weighted by Crippen LogP contribution is 2.45. The van der Waals surface area contributed by atoms with E-state index in [9.17, 15) is 31.5 Å². The van der Waals surface area contributed by atoms with Crippen LogP contribution in [0.3, 0.4) is 0 Å². The monoisotopic (exact) mass is 418 g/mol. The van der Waals surface area contributed by atoms with Crippen LogP contribution in [0.4, 0.5) is 17.6 Å². The first kappa shape index (κ1) is 20.7. The summed E-state index contributed by atoms with van der Waals surface area (Å²) in [6.07, 6.45) is -7.69. The van der Waals surface area contributed by atoms with Gasteiger partial charge in [0, 0.05) is 0 Å². The molecule has 2 aliphatic carbocycles. The SMILES string of the molecule is O=C1CN(C2C(O)CC3CCC(OCCC(F)(F)F)CC3C2F)S(=O)(=O)N1. The van der Waals surface area contributed by atoms with E-state index in [4.69, 9.17) is 4.74 Å². The molecule has 6 unspecified atom stereocenters. The molecule has 1 amide bonds. The maximum Gasteiger partial charge on any atom is 0.391 e. The minimum absolute atomic E-state index is 0.155. The molecule has 0 bridgehead atoms. The molecule has 3 aliphatic rings. The third kappa shape index (κ3) is 4.54. The van der Waals surface area contributed by atoms with Crippen LogP contribution in [-0.2, 0) is 19.7 Å². The van der Waals surface area contributed by atoms with Crippen LogP contribution in [0.5, 0.6) is 0 Å². The van der Waals surface area contributed by atoms with Gasteiger partial charge in [0.2, 0.25) is 5.91 Å². The zero-order chi connectivity index (χ0) is 20.0. The Labute approximate surface area is 154 Å². The number of carbonyl (C=O) groups excluding carboxylic acids is 1. The van der Waals surface area contributed by atoms with Gasteiger partial charge in [-0.05, 0) is 37.5 Å². The average Bonchev–Trinajstić information content (AvgIpc) is 2.79. The number of fused-ring (bicyclic) bond motifs is 1. The highest BCUT2D eigenvalue weighted by atomic mass is 32.2. The van der Waals surface area contributed by atoms with Gasteiger partial charge >= 0.3 is 16.4 Å². The number of hydrogen-bond donors (Lipinski definition) is 2. The fourth-order valence-electron chi connectivity index (χ4n) is 4.40. The molecular weight excluding hydrogens is 396 g/mol. The molecule has 0 aromatic carbocycles. The van der Waals surface area contributed by atoms with Crippen molar-refractivity contribution in [1.82, 2.24) is 9.03 Å². The largest absolute Gasteiger partial charge is 0.391 e. The molecule has 156 valence electrons. The molecular formula is C15H22F4N2O5S. The Kier molecular flexibility index (Phi) is 5.72. The lowest BCUT2D eigenvalue weighted by molar-refractivity contribution is -0.154. The van der Waals surface area contributed by atoms with E-state index in [2.05, 4.69) is 0 Å². The van der Waals surface area contributed by atoms with Crippen LogP contribution in [0.2, 0.25) is 0 Å². The number of aliphatic hydroxyl groups is 1. The molecule has 0 radical (unpaired) electrons. The maximum atomic E-state index is 15.2. The third-order valence-electron chi connectivity index (χ3n) is 5.60. The smallest absolute Gasteiger partial charge is 0.391 e. The van der Waals surface area contributed by atoms with Gasteiger partial charge in [-0.15, -0.1) is 0 Å². The van der Waals surface area contributed by atoms with Crippen LogP contribution >= 0.6 is 0 Å². The van der Waals surface area contributed by atoms with E-state index < -0.39 is 72.2 Å². The summed E-state index contributed by atoms with van der Waals surface area (Å²) < 4.78 is 83.6. The zero-order valence-electron chi connectivity index (χ0n) is 14.4. The molecule has 1 saturated heterocycles. The van der Waals surface area contributed by atoms with Crippen molar-refractivity contribution in [3.8, 4) is 0 Å².